The third kappa shape index (κ3) is 2.94. The molecule has 2 N–H and O–H groups in total. The molecule has 0 aromatic heterocycles. The van der Waals surface area contributed by atoms with E-state index in [2.05, 4.69) is 4.74 Å². The highest BCUT2D eigenvalue weighted by Crippen LogP contribution is 2.21. The predicted octanol–water partition coefficient (Wildman–Crippen LogP) is 1.75. The van der Waals surface area contributed by atoms with Gasteiger partial charge in [-0.3, -0.25) is 10.1 Å². The lowest BCUT2D eigenvalue weighted by Crippen LogP contribution is -2.15. The summed E-state index contributed by atoms with van der Waals surface area (Å²) in [5.41, 5.74) is 5.32. The van der Waals surface area contributed by atoms with Crippen molar-refractivity contribution in [2.45, 2.75) is 13.0 Å². The first-order valence-corrected chi connectivity index (χ1v) is 4.21. The first kappa shape index (κ1) is 11.0. The second kappa shape index (κ2) is 4.41. The van der Waals surface area contributed by atoms with E-state index >= 15 is 0 Å². The van der Waals surface area contributed by atoms with Crippen LogP contribution >= 0.6 is 0 Å². The van der Waals surface area contributed by atoms with E-state index in [-0.39, 0.29) is 5.69 Å². The van der Waals surface area contributed by atoms with Crippen LogP contribution in [0, 0.1) is 10.1 Å². The Hall–Kier alpha value is -2.11. The minimum Gasteiger partial charge on any atom is -0.442 e. The molecule has 0 heterocycles. The predicted molar refractivity (Wildman–Crippen MR) is 52.2 cm³/mol. The molecule has 1 aromatic carbocycles. The average Bonchev–Trinajstić information content (AvgIpc) is 2.17. The Labute approximate surface area is 85.8 Å². The second-order valence-corrected chi connectivity index (χ2v) is 2.93. The number of nitrogens with zero attached hydrogens (tertiary/aromatic N) is 1. The maximum atomic E-state index is 10.5. The first-order chi connectivity index (χ1) is 7.00. The van der Waals surface area contributed by atoms with E-state index in [0.717, 1.165) is 0 Å². The van der Waals surface area contributed by atoms with Gasteiger partial charge in [0.25, 0.3) is 5.69 Å². The number of hydrogen-bond donors (Lipinski definition) is 1. The Morgan fingerprint density at radius 1 is 1.60 bits per heavy atom. The fourth-order valence-corrected chi connectivity index (χ4v) is 1.13. The zero-order valence-corrected chi connectivity index (χ0v) is 8.04. The number of nitro groups is 1. The van der Waals surface area contributed by atoms with Crippen LogP contribution in [0.5, 0.6) is 0 Å². The van der Waals surface area contributed by atoms with Crippen molar-refractivity contribution in [3.8, 4) is 0 Å². The zero-order valence-electron chi connectivity index (χ0n) is 8.04. The monoisotopic (exact) mass is 210 g/mol. The molecule has 0 saturated carbocycles. The van der Waals surface area contributed by atoms with Crippen molar-refractivity contribution in [2.75, 3.05) is 0 Å². The van der Waals surface area contributed by atoms with E-state index in [9.17, 15) is 14.9 Å². The molecule has 0 aliphatic rings. The molecule has 6 heteroatoms. The molecule has 1 rings (SSSR count). The highest BCUT2D eigenvalue weighted by Gasteiger charge is 2.12. The van der Waals surface area contributed by atoms with Gasteiger partial charge in [-0.25, -0.2) is 4.79 Å². The Morgan fingerprint density at radius 2 is 2.27 bits per heavy atom. The van der Waals surface area contributed by atoms with Gasteiger partial charge in [0, 0.05) is 12.1 Å². The van der Waals surface area contributed by atoms with Crippen molar-refractivity contribution in [1.82, 2.24) is 0 Å². The maximum absolute atomic E-state index is 10.5. The summed E-state index contributed by atoms with van der Waals surface area (Å²) < 4.78 is 4.69. The quantitative estimate of drug-likeness (QED) is 0.607. The van der Waals surface area contributed by atoms with Gasteiger partial charge in [0.2, 0.25) is 0 Å². The number of carbonyl (C=O) groups is 1. The van der Waals surface area contributed by atoms with E-state index in [1.54, 1.807) is 13.0 Å². The minimum absolute atomic E-state index is 0.0487. The number of hydrogen-bond acceptors (Lipinski definition) is 4. The summed E-state index contributed by atoms with van der Waals surface area (Å²) in [7, 11) is 0. The van der Waals surface area contributed by atoms with Gasteiger partial charge in [-0.1, -0.05) is 12.1 Å². The lowest BCUT2D eigenvalue weighted by molar-refractivity contribution is -0.385. The van der Waals surface area contributed by atoms with Gasteiger partial charge < -0.3 is 10.5 Å². The molecule has 0 aliphatic carbocycles. The summed E-state index contributed by atoms with van der Waals surface area (Å²) >= 11 is 0. The van der Waals surface area contributed by atoms with E-state index in [1.165, 1.54) is 18.2 Å². The van der Waals surface area contributed by atoms with Gasteiger partial charge in [-0.2, -0.15) is 0 Å². The largest absolute Gasteiger partial charge is 0.442 e. The number of benzene rings is 1. The molecule has 80 valence electrons. The number of carbonyl (C=O) groups excluding carboxylic acids is 1. The number of rotatable bonds is 3. The molecule has 1 atom stereocenters. The third-order valence-corrected chi connectivity index (χ3v) is 1.84. The Bertz CT molecular complexity index is 391. The van der Waals surface area contributed by atoms with Crippen LogP contribution in [0.25, 0.3) is 0 Å². The minimum atomic E-state index is -0.908. The van der Waals surface area contributed by atoms with E-state index in [1.807, 2.05) is 0 Å². The number of primary amides is 1. The summed E-state index contributed by atoms with van der Waals surface area (Å²) in [6, 6.07) is 5.85. The van der Waals surface area contributed by atoms with Crippen molar-refractivity contribution in [1.29, 1.82) is 0 Å². The Balaban J connectivity index is 2.89. The lowest BCUT2D eigenvalue weighted by Gasteiger charge is -2.10. The maximum Gasteiger partial charge on any atom is 0.405 e. The molecule has 15 heavy (non-hydrogen) atoms. The van der Waals surface area contributed by atoms with Crippen LogP contribution in [0.2, 0.25) is 0 Å². The van der Waals surface area contributed by atoms with E-state index in [0.29, 0.717) is 5.56 Å². The summed E-state index contributed by atoms with van der Waals surface area (Å²) in [4.78, 5) is 20.4. The van der Waals surface area contributed by atoms with Crippen molar-refractivity contribution < 1.29 is 14.5 Å². The molecule has 0 aliphatic heterocycles. The smallest absolute Gasteiger partial charge is 0.405 e. The number of ether oxygens (including phenoxy) is 1. The molecule has 6 nitrogen and oxygen atoms in total. The van der Waals surface area contributed by atoms with E-state index < -0.39 is 17.1 Å². The molecule has 0 radical (unpaired) electrons. The van der Waals surface area contributed by atoms with Crippen molar-refractivity contribution in [3.63, 3.8) is 0 Å². The molecule has 1 unspecified atom stereocenters. The van der Waals surface area contributed by atoms with Gasteiger partial charge >= 0.3 is 6.09 Å². The van der Waals surface area contributed by atoms with Gasteiger partial charge in [-0.05, 0) is 12.5 Å². The SMILES string of the molecule is CC(OC(N)=O)c1cccc([N+](=O)[O-])c1. The van der Waals surface area contributed by atoms with Crippen LogP contribution in [0.1, 0.15) is 18.6 Å². The van der Waals surface area contributed by atoms with Crippen LogP contribution in [0.15, 0.2) is 24.3 Å². The zero-order chi connectivity index (χ0) is 11.4. The standard InChI is InChI=1S/C9H10N2O4/c1-6(15-9(10)12)7-3-2-4-8(5-7)11(13)14/h2-6H,1H3,(H2,10,12). The van der Waals surface area contributed by atoms with Crippen molar-refractivity contribution >= 4 is 11.8 Å². The van der Waals surface area contributed by atoms with Crippen LogP contribution < -0.4 is 5.73 Å². The van der Waals surface area contributed by atoms with Gasteiger partial charge in [0.1, 0.15) is 6.10 Å². The summed E-state index contributed by atoms with van der Waals surface area (Å²) in [6.07, 6.45) is -1.50. The molecule has 0 fully saturated rings. The van der Waals surface area contributed by atoms with Gasteiger partial charge in [0.15, 0.2) is 0 Å². The lowest BCUT2D eigenvalue weighted by atomic mass is 10.1. The van der Waals surface area contributed by atoms with Crippen LogP contribution in [0.3, 0.4) is 0 Å². The molecule has 0 bridgehead atoms. The number of nitrogens with two attached hydrogens (primary N) is 1. The molecule has 0 saturated heterocycles. The second-order valence-electron chi connectivity index (χ2n) is 2.93. The van der Waals surface area contributed by atoms with Crippen LogP contribution in [-0.4, -0.2) is 11.0 Å². The summed E-state index contributed by atoms with van der Waals surface area (Å²) in [5, 5.41) is 10.5. The van der Waals surface area contributed by atoms with Gasteiger partial charge in [0.05, 0.1) is 4.92 Å². The molecule has 0 spiro atoms. The van der Waals surface area contributed by atoms with Crippen LogP contribution in [0.4, 0.5) is 10.5 Å². The number of amides is 1. The Morgan fingerprint density at radius 3 is 2.80 bits per heavy atom. The molecule has 1 aromatic rings. The molecular formula is C9H10N2O4. The summed E-state index contributed by atoms with van der Waals surface area (Å²) in [6.45, 7) is 1.59. The third-order valence-electron chi connectivity index (χ3n) is 1.84. The van der Waals surface area contributed by atoms with Gasteiger partial charge in [-0.15, -0.1) is 0 Å². The van der Waals surface area contributed by atoms with E-state index in [4.69, 9.17) is 5.73 Å². The fraction of sp³-hybridized carbons (Fsp3) is 0.222. The number of nitro benzene ring substituents is 1. The highest BCUT2D eigenvalue weighted by molar-refractivity contribution is 5.65. The van der Waals surface area contributed by atoms with Crippen molar-refractivity contribution in [3.05, 3.63) is 39.9 Å². The molecular weight excluding hydrogens is 200 g/mol. The normalized spacial score (nSPS) is 11.8. The fourth-order valence-electron chi connectivity index (χ4n) is 1.13. The average molecular weight is 210 g/mol. The number of non-ortho nitro benzene ring substituents is 1. The van der Waals surface area contributed by atoms with Crippen LogP contribution in [-0.2, 0) is 4.74 Å². The molecule has 1 amide bonds. The summed E-state index contributed by atoms with van der Waals surface area (Å²) in [5.74, 6) is 0. The highest BCUT2D eigenvalue weighted by atomic mass is 16.6. The van der Waals surface area contributed by atoms with Crippen molar-refractivity contribution in [2.24, 2.45) is 5.73 Å². The topological polar surface area (TPSA) is 95.5 Å². The first-order valence-electron chi connectivity index (χ1n) is 4.21. The Kier molecular flexibility index (Phi) is 3.22.